The van der Waals surface area contributed by atoms with Gasteiger partial charge in [0, 0.05) is 31.5 Å². The Morgan fingerprint density at radius 2 is 2.04 bits per heavy atom. The summed E-state index contributed by atoms with van der Waals surface area (Å²) in [5.74, 6) is -0.0332. The summed E-state index contributed by atoms with van der Waals surface area (Å²) in [5, 5.41) is 2.94. The molecule has 5 heteroatoms. The molecule has 1 N–H and O–H groups in total. The summed E-state index contributed by atoms with van der Waals surface area (Å²) in [6, 6.07) is 4.14. The van der Waals surface area contributed by atoms with Crippen LogP contribution in [0.25, 0.3) is 0 Å². The van der Waals surface area contributed by atoms with Crippen LogP contribution in [0, 0.1) is 11.8 Å². The molecule has 124 valence electrons. The first-order valence-electron chi connectivity index (χ1n) is 8.67. The fourth-order valence-corrected chi connectivity index (χ4v) is 3.51. The minimum absolute atomic E-state index is 0.00483. The van der Waals surface area contributed by atoms with E-state index >= 15 is 0 Å². The number of nitrogens with one attached hydrogen (secondary N) is 1. The van der Waals surface area contributed by atoms with Crippen LogP contribution in [-0.2, 0) is 16.1 Å². The third-order valence-electron chi connectivity index (χ3n) is 5.04. The molecule has 0 bridgehead atoms. The standard InChI is InChI=1S/C18H25N3O2/c1-2-14-5-3-4-10-21(14)18(23)16-11-15(16)17(22)20-12-13-6-8-19-9-7-13/h6-9,14-16H,2-5,10-12H2,1H3,(H,20,22). The molecule has 2 heterocycles. The molecule has 1 aliphatic heterocycles. The monoisotopic (exact) mass is 315 g/mol. The van der Waals surface area contributed by atoms with Gasteiger partial charge >= 0.3 is 0 Å². The molecule has 23 heavy (non-hydrogen) atoms. The van der Waals surface area contributed by atoms with Gasteiger partial charge < -0.3 is 10.2 Å². The molecule has 0 aromatic carbocycles. The normalized spacial score (nSPS) is 26.7. The Balaban J connectivity index is 1.50. The molecule has 3 rings (SSSR count). The quantitative estimate of drug-likeness (QED) is 0.905. The molecule has 5 nitrogen and oxygen atoms in total. The van der Waals surface area contributed by atoms with Crippen molar-refractivity contribution in [2.24, 2.45) is 11.8 Å². The number of rotatable bonds is 5. The van der Waals surface area contributed by atoms with Gasteiger partial charge in [0.1, 0.15) is 0 Å². The van der Waals surface area contributed by atoms with Gasteiger partial charge in [-0.25, -0.2) is 0 Å². The summed E-state index contributed by atoms with van der Waals surface area (Å²) in [4.78, 5) is 30.9. The molecular weight excluding hydrogens is 290 g/mol. The van der Waals surface area contributed by atoms with Crippen molar-refractivity contribution in [2.45, 2.75) is 51.6 Å². The van der Waals surface area contributed by atoms with E-state index in [0.29, 0.717) is 19.0 Å². The van der Waals surface area contributed by atoms with Crippen molar-refractivity contribution in [1.29, 1.82) is 0 Å². The summed E-state index contributed by atoms with van der Waals surface area (Å²) in [5.41, 5.74) is 1.03. The fraction of sp³-hybridized carbons (Fsp3) is 0.611. The van der Waals surface area contributed by atoms with Gasteiger partial charge in [-0.05, 0) is 49.8 Å². The Bertz CT molecular complexity index is 561. The van der Waals surface area contributed by atoms with E-state index in [1.54, 1.807) is 12.4 Å². The fourth-order valence-electron chi connectivity index (χ4n) is 3.51. The van der Waals surface area contributed by atoms with Crippen molar-refractivity contribution in [1.82, 2.24) is 15.2 Å². The zero-order valence-electron chi connectivity index (χ0n) is 13.7. The first-order chi connectivity index (χ1) is 11.2. The number of amides is 2. The number of pyridine rings is 1. The van der Waals surface area contributed by atoms with Gasteiger partial charge in [0.15, 0.2) is 0 Å². The largest absolute Gasteiger partial charge is 0.352 e. The number of hydrogen-bond acceptors (Lipinski definition) is 3. The number of carbonyl (C=O) groups is 2. The second-order valence-electron chi connectivity index (χ2n) is 6.61. The van der Waals surface area contributed by atoms with Gasteiger partial charge in [0.05, 0.1) is 11.8 Å². The van der Waals surface area contributed by atoms with E-state index in [4.69, 9.17) is 0 Å². The molecule has 3 atom stereocenters. The number of hydrogen-bond donors (Lipinski definition) is 1. The van der Waals surface area contributed by atoms with Gasteiger partial charge in [-0.15, -0.1) is 0 Å². The van der Waals surface area contributed by atoms with Crippen molar-refractivity contribution in [3.8, 4) is 0 Å². The maximum atomic E-state index is 12.7. The minimum atomic E-state index is -0.135. The summed E-state index contributed by atoms with van der Waals surface area (Å²) < 4.78 is 0. The maximum Gasteiger partial charge on any atom is 0.226 e. The first kappa shape index (κ1) is 16.0. The van der Waals surface area contributed by atoms with E-state index in [1.807, 2.05) is 17.0 Å². The van der Waals surface area contributed by atoms with Gasteiger partial charge in [-0.3, -0.25) is 14.6 Å². The summed E-state index contributed by atoms with van der Waals surface area (Å²) >= 11 is 0. The summed E-state index contributed by atoms with van der Waals surface area (Å²) in [6.45, 7) is 3.50. The van der Waals surface area contributed by atoms with Crippen LogP contribution >= 0.6 is 0 Å². The Morgan fingerprint density at radius 1 is 1.26 bits per heavy atom. The van der Waals surface area contributed by atoms with Crippen LogP contribution in [0.4, 0.5) is 0 Å². The Hall–Kier alpha value is -1.91. The predicted octanol–water partition coefficient (Wildman–Crippen LogP) is 2.12. The van der Waals surface area contributed by atoms with E-state index in [-0.39, 0.29) is 23.7 Å². The highest BCUT2D eigenvalue weighted by molar-refractivity contribution is 5.92. The first-order valence-corrected chi connectivity index (χ1v) is 8.67. The molecule has 2 amide bonds. The van der Waals surface area contributed by atoms with Crippen LogP contribution in [0.5, 0.6) is 0 Å². The third kappa shape index (κ3) is 3.71. The molecule has 1 aromatic heterocycles. The molecule has 1 saturated heterocycles. The number of likely N-dealkylation sites (tertiary alicyclic amines) is 1. The van der Waals surface area contributed by atoms with Crippen LogP contribution in [0.15, 0.2) is 24.5 Å². The van der Waals surface area contributed by atoms with Crippen molar-refractivity contribution in [3.63, 3.8) is 0 Å². The second kappa shape index (κ2) is 7.11. The van der Waals surface area contributed by atoms with Crippen molar-refractivity contribution in [3.05, 3.63) is 30.1 Å². The zero-order valence-corrected chi connectivity index (χ0v) is 13.7. The van der Waals surface area contributed by atoms with Gasteiger partial charge in [-0.2, -0.15) is 0 Å². The smallest absolute Gasteiger partial charge is 0.226 e. The predicted molar refractivity (Wildman–Crippen MR) is 87.3 cm³/mol. The summed E-state index contributed by atoms with van der Waals surface area (Å²) in [6.07, 6.45) is 8.55. The number of carbonyl (C=O) groups excluding carboxylic acids is 2. The highest BCUT2D eigenvalue weighted by atomic mass is 16.2. The molecule has 0 radical (unpaired) electrons. The highest BCUT2D eigenvalue weighted by Crippen LogP contribution is 2.41. The van der Waals surface area contributed by atoms with Crippen molar-refractivity contribution < 1.29 is 9.59 Å². The van der Waals surface area contributed by atoms with Crippen LogP contribution in [0.2, 0.25) is 0 Å². The summed E-state index contributed by atoms with van der Waals surface area (Å²) in [7, 11) is 0. The SMILES string of the molecule is CCC1CCCCN1C(=O)C1CC1C(=O)NCc1ccncc1. The lowest BCUT2D eigenvalue weighted by molar-refractivity contribution is -0.138. The van der Waals surface area contributed by atoms with Gasteiger partial charge in [0.25, 0.3) is 0 Å². The lowest BCUT2D eigenvalue weighted by atomic mass is 9.99. The molecule has 1 saturated carbocycles. The molecule has 0 spiro atoms. The van der Waals surface area contributed by atoms with Crippen LogP contribution in [0.3, 0.4) is 0 Å². The number of piperidine rings is 1. The lowest BCUT2D eigenvalue weighted by Crippen LogP contribution is -2.44. The average molecular weight is 315 g/mol. The van der Waals surface area contributed by atoms with E-state index in [1.165, 1.54) is 6.42 Å². The topological polar surface area (TPSA) is 62.3 Å². The van der Waals surface area contributed by atoms with Crippen molar-refractivity contribution >= 4 is 11.8 Å². The van der Waals surface area contributed by atoms with Gasteiger partial charge in [0.2, 0.25) is 11.8 Å². The van der Waals surface area contributed by atoms with Crippen LogP contribution < -0.4 is 5.32 Å². The molecule has 2 fully saturated rings. The molecular formula is C18H25N3O2. The second-order valence-corrected chi connectivity index (χ2v) is 6.61. The maximum absolute atomic E-state index is 12.7. The van der Waals surface area contributed by atoms with E-state index in [0.717, 1.165) is 31.4 Å². The minimum Gasteiger partial charge on any atom is -0.352 e. The third-order valence-corrected chi connectivity index (χ3v) is 5.04. The average Bonchev–Trinajstić information content (AvgIpc) is 3.40. The Kier molecular flexibility index (Phi) is 4.94. The highest BCUT2D eigenvalue weighted by Gasteiger charge is 2.50. The van der Waals surface area contributed by atoms with E-state index < -0.39 is 0 Å². The lowest BCUT2D eigenvalue weighted by Gasteiger charge is -2.35. The molecule has 3 unspecified atom stereocenters. The zero-order chi connectivity index (χ0) is 16.2. The molecule has 1 aliphatic carbocycles. The van der Waals surface area contributed by atoms with E-state index in [9.17, 15) is 9.59 Å². The van der Waals surface area contributed by atoms with Crippen molar-refractivity contribution in [2.75, 3.05) is 6.54 Å². The molecule has 1 aromatic rings. The van der Waals surface area contributed by atoms with Crippen LogP contribution in [-0.4, -0.2) is 34.3 Å². The van der Waals surface area contributed by atoms with E-state index in [2.05, 4.69) is 17.2 Å². The van der Waals surface area contributed by atoms with Crippen LogP contribution in [0.1, 0.15) is 44.6 Å². The Morgan fingerprint density at radius 3 is 2.78 bits per heavy atom. The van der Waals surface area contributed by atoms with Gasteiger partial charge in [-0.1, -0.05) is 6.92 Å². The number of aromatic nitrogens is 1. The molecule has 2 aliphatic rings. The number of nitrogens with zero attached hydrogens (tertiary/aromatic N) is 2. The Labute approximate surface area is 137 Å².